The normalized spacial score (nSPS) is 22.0. The van der Waals surface area contributed by atoms with Crippen LogP contribution in [0.2, 0.25) is 0 Å². The minimum absolute atomic E-state index is 0.148. The van der Waals surface area contributed by atoms with Crippen LogP contribution in [0.25, 0.3) is 6.08 Å². The number of fused-ring (bicyclic) bond motifs is 3. The predicted molar refractivity (Wildman–Crippen MR) is 59.4 cm³/mol. The summed E-state index contributed by atoms with van der Waals surface area (Å²) < 4.78 is 0. The minimum Gasteiger partial charge on any atom is -0.321 e. The molecule has 2 nitrogen and oxygen atoms in total. The summed E-state index contributed by atoms with van der Waals surface area (Å²) in [6.45, 7) is 0. The molecule has 2 heteroatoms. The Balaban J connectivity index is 2.15. The Labute approximate surface area is 82.9 Å². The Morgan fingerprint density at radius 2 is 2.14 bits per heavy atom. The lowest BCUT2D eigenvalue weighted by atomic mass is 10.1. The van der Waals surface area contributed by atoms with Crippen LogP contribution in [0, 0.1) is 0 Å². The molecule has 68 valence electrons. The molecule has 1 atom stereocenters. The smallest absolute Gasteiger partial charge is 0.144 e. The zero-order chi connectivity index (χ0) is 9.38. The molecule has 0 N–H and O–H groups in total. The molecule has 1 aromatic carbocycles. The number of aliphatic imine (C=N–C) groups is 1. The fraction of sp³-hybridized carbons (Fsp3) is 0.0833. The van der Waals surface area contributed by atoms with Gasteiger partial charge >= 0.3 is 0 Å². The summed E-state index contributed by atoms with van der Waals surface area (Å²) in [5.74, 6) is 0. The van der Waals surface area contributed by atoms with E-state index in [-0.39, 0.29) is 6.17 Å². The number of hydrogen-bond acceptors (Lipinski definition) is 2. The van der Waals surface area contributed by atoms with Gasteiger partial charge in [0.15, 0.2) is 0 Å². The van der Waals surface area contributed by atoms with Crippen LogP contribution in [0.1, 0.15) is 5.56 Å². The molecule has 0 aliphatic carbocycles. The van der Waals surface area contributed by atoms with Gasteiger partial charge in [-0.25, -0.2) is 0 Å². The van der Waals surface area contributed by atoms with Gasteiger partial charge in [-0.05, 0) is 23.8 Å². The molecule has 2 aliphatic rings. The van der Waals surface area contributed by atoms with E-state index in [2.05, 4.69) is 52.5 Å². The van der Waals surface area contributed by atoms with Crippen molar-refractivity contribution in [2.75, 3.05) is 4.90 Å². The van der Waals surface area contributed by atoms with E-state index in [4.69, 9.17) is 0 Å². The summed E-state index contributed by atoms with van der Waals surface area (Å²) in [4.78, 5) is 6.55. The summed E-state index contributed by atoms with van der Waals surface area (Å²) in [5.41, 5.74) is 2.48. The van der Waals surface area contributed by atoms with Crippen molar-refractivity contribution in [1.29, 1.82) is 0 Å². The van der Waals surface area contributed by atoms with E-state index in [9.17, 15) is 0 Å². The largest absolute Gasteiger partial charge is 0.321 e. The molecule has 2 aliphatic heterocycles. The molecule has 3 rings (SSSR count). The molecule has 0 spiro atoms. The van der Waals surface area contributed by atoms with Gasteiger partial charge in [-0.15, -0.1) is 0 Å². The van der Waals surface area contributed by atoms with E-state index >= 15 is 0 Å². The molecule has 0 saturated heterocycles. The van der Waals surface area contributed by atoms with Crippen molar-refractivity contribution < 1.29 is 0 Å². The minimum atomic E-state index is 0.148. The van der Waals surface area contributed by atoms with Gasteiger partial charge in [0.1, 0.15) is 6.17 Å². The van der Waals surface area contributed by atoms with Crippen molar-refractivity contribution in [3.63, 3.8) is 0 Å². The van der Waals surface area contributed by atoms with Crippen LogP contribution in [0.15, 0.2) is 47.6 Å². The molecule has 0 saturated carbocycles. The third kappa shape index (κ3) is 1.01. The van der Waals surface area contributed by atoms with Crippen molar-refractivity contribution in [3.8, 4) is 0 Å². The van der Waals surface area contributed by atoms with Crippen LogP contribution >= 0.6 is 0 Å². The Bertz CT molecular complexity index is 443. The molecule has 0 fully saturated rings. The highest BCUT2D eigenvalue weighted by atomic mass is 15.2. The summed E-state index contributed by atoms with van der Waals surface area (Å²) in [5, 5.41) is 0. The monoisotopic (exact) mass is 182 g/mol. The molecule has 0 bridgehead atoms. The first-order valence-electron chi connectivity index (χ1n) is 4.71. The molecule has 1 aromatic rings. The lowest BCUT2D eigenvalue weighted by Crippen LogP contribution is -2.31. The number of allylic oxidation sites excluding steroid dienone is 1. The maximum Gasteiger partial charge on any atom is 0.144 e. The van der Waals surface area contributed by atoms with E-state index < -0.39 is 0 Å². The van der Waals surface area contributed by atoms with Crippen molar-refractivity contribution in [1.82, 2.24) is 0 Å². The van der Waals surface area contributed by atoms with Crippen LogP contribution in [-0.2, 0) is 0 Å². The summed E-state index contributed by atoms with van der Waals surface area (Å²) >= 11 is 0. The second kappa shape index (κ2) is 2.84. The van der Waals surface area contributed by atoms with Gasteiger partial charge in [0.2, 0.25) is 0 Å². The van der Waals surface area contributed by atoms with Crippen molar-refractivity contribution in [3.05, 3.63) is 48.2 Å². The van der Waals surface area contributed by atoms with E-state index in [1.807, 2.05) is 12.3 Å². The first-order valence-corrected chi connectivity index (χ1v) is 4.71. The molecule has 1 unspecified atom stereocenters. The van der Waals surface area contributed by atoms with E-state index in [1.54, 1.807) is 0 Å². The highest BCUT2D eigenvalue weighted by molar-refractivity contribution is 5.80. The van der Waals surface area contributed by atoms with Gasteiger partial charge in [-0.1, -0.05) is 24.3 Å². The number of para-hydroxylation sites is 1. The Kier molecular flexibility index (Phi) is 1.53. The van der Waals surface area contributed by atoms with Crippen LogP contribution < -0.4 is 4.90 Å². The van der Waals surface area contributed by atoms with E-state index in [0.717, 1.165) is 0 Å². The van der Waals surface area contributed by atoms with Gasteiger partial charge in [0.25, 0.3) is 0 Å². The standard InChI is InChI=1S/C12H10N2/c1-2-5-11-10(4-1)6-7-12-13-8-3-9-14(11)12/h1-9,12H. The Morgan fingerprint density at radius 3 is 3.14 bits per heavy atom. The second-order valence-corrected chi connectivity index (χ2v) is 3.38. The predicted octanol–water partition coefficient (Wildman–Crippen LogP) is 2.44. The fourth-order valence-corrected chi connectivity index (χ4v) is 1.85. The lowest BCUT2D eigenvalue weighted by molar-refractivity contribution is 0.811. The van der Waals surface area contributed by atoms with Crippen LogP contribution in [0.5, 0.6) is 0 Å². The number of nitrogens with zero attached hydrogens (tertiary/aromatic N) is 2. The molecule has 2 heterocycles. The quantitative estimate of drug-likeness (QED) is 0.601. The molecule has 0 amide bonds. The third-order valence-corrected chi connectivity index (χ3v) is 2.52. The lowest BCUT2D eigenvalue weighted by Gasteiger charge is -2.31. The highest BCUT2D eigenvalue weighted by Gasteiger charge is 2.19. The second-order valence-electron chi connectivity index (χ2n) is 3.38. The summed E-state index contributed by atoms with van der Waals surface area (Å²) in [7, 11) is 0. The summed E-state index contributed by atoms with van der Waals surface area (Å²) in [6, 6.07) is 8.35. The number of anilines is 1. The third-order valence-electron chi connectivity index (χ3n) is 2.52. The zero-order valence-electron chi connectivity index (χ0n) is 7.67. The topological polar surface area (TPSA) is 15.6 Å². The number of hydrogen-bond donors (Lipinski definition) is 0. The Morgan fingerprint density at radius 1 is 1.21 bits per heavy atom. The average Bonchev–Trinajstić information content (AvgIpc) is 2.29. The molecule has 0 radical (unpaired) electrons. The van der Waals surface area contributed by atoms with Crippen LogP contribution in [0.4, 0.5) is 5.69 Å². The Hall–Kier alpha value is -1.83. The zero-order valence-corrected chi connectivity index (χ0v) is 7.67. The number of rotatable bonds is 0. The molecular formula is C12H10N2. The van der Waals surface area contributed by atoms with Gasteiger partial charge in [-0.2, -0.15) is 0 Å². The van der Waals surface area contributed by atoms with Crippen LogP contribution in [0.3, 0.4) is 0 Å². The average molecular weight is 182 g/mol. The first kappa shape index (κ1) is 7.56. The first-order chi connectivity index (χ1) is 6.95. The van der Waals surface area contributed by atoms with Gasteiger partial charge < -0.3 is 4.90 Å². The SMILES string of the molecule is C1=CN2c3ccccc3C=CC2N=C1. The van der Waals surface area contributed by atoms with E-state index in [0.29, 0.717) is 0 Å². The molecule has 14 heavy (non-hydrogen) atoms. The van der Waals surface area contributed by atoms with Crippen molar-refractivity contribution in [2.45, 2.75) is 6.17 Å². The van der Waals surface area contributed by atoms with Gasteiger partial charge in [-0.3, -0.25) is 4.99 Å². The van der Waals surface area contributed by atoms with Gasteiger partial charge in [0.05, 0.1) is 5.69 Å². The fourth-order valence-electron chi connectivity index (χ4n) is 1.85. The van der Waals surface area contributed by atoms with Crippen molar-refractivity contribution >= 4 is 18.0 Å². The van der Waals surface area contributed by atoms with E-state index in [1.165, 1.54) is 11.3 Å². The van der Waals surface area contributed by atoms with Crippen LogP contribution in [-0.4, -0.2) is 12.4 Å². The number of benzene rings is 1. The maximum absolute atomic E-state index is 4.38. The molecular weight excluding hydrogens is 172 g/mol. The van der Waals surface area contributed by atoms with Gasteiger partial charge in [0, 0.05) is 12.4 Å². The summed E-state index contributed by atoms with van der Waals surface area (Å²) in [6.07, 6.45) is 10.3. The highest BCUT2D eigenvalue weighted by Crippen LogP contribution is 2.30. The molecule has 0 aromatic heterocycles. The maximum atomic E-state index is 4.38. The van der Waals surface area contributed by atoms with Crippen molar-refractivity contribution in [2.24, 2.45) is 4.99 Å².